The highest BCUT2D eigenvalue weighted by atomic mass is 16.2. The van der Waals surface area contributed by atoms with Crippen LogP contribution in [0.1, 0.15) is 62.1 Å². The lowest BCUT2D eigenvalue weighted by Gasteiger charge is -2.31. The van der Waals surface area contributed by atoms with Crippen molar-refractivity contribution in [3.63, 3.8) is 0 Å². The van der Waals surface area contributed by atoms with E-state index in [-0.39, 0.29) is 11.9 Å². The van der Waals surface area contributed by atoms with Crippen LogP contribution in [-0.4, -0.2) is 29.9 Å². The summed E-state index contributed by atoms with van der Waals surface area (Å²) < 4.78 is 0. The standard InChI is InChI=1S/C19H29N3O2/c1-15-8-7-9-16(14-15)17-10-3-2-6-13-22(17)18(23)11-4-5-12-21-19(20)24/h7-9,14,17H,2-6,10-13H2,1H3,(H3,20,21,24)/t17-/m0/s1. The number of carbonyl (C=O) groups excluding carboxylic acids is 2. The van der Waals surface area contributed by atoms with Gasteiger partial charge in [0.25, 0.3) is 0 Å². The number of aryl methyl sites for hydroxylation is 1. The van der Waals surface area contributed by atoms with Crippen molar-refractivity contribution < 1.29 is 9.59 Å². The summed E-state index contributed by atoms with van der Waals surface area (Å²) >= 11 is 0. The Morgan fingerprint density at radius 1 is 1.25 bits per heavy atom. The first-order valence-corrected chi connectivity index (χ1v) is 8.97. The molecule has 3 amide bonds. The molecule has 0 unspecified atom stereocenters. The maximum atomic E-state index is 12.7. The van der Waals surface area contributed by atoms with Crippen LogP contribution >= 0.6 is 0 Å². The molecule has 0 aliphatic carbocycles. The van der Waals surface area contributed by atoms with Crippen molar-refractivity contribution in [2.24, 2.45) is 5.73 Å². The van der Waals surface area contributed by atoms with Crippen LogP contribution in [0.3, 0.4) is 0 Å². The van der Waals surface area contributed by atoms with Crippen molar-refractivity contribution in [1.29, 1.82) is 0 Å². The minimum absolute atomic E-state index is 0.198. The number of carbonyl (C=O) groups is 2. The smallest absolute Gasteiger partial charge is 0.312 e. The van der Waals surface area contributed by atoms with Gasteiger partial charge in [-0.05, 0) is 38.2 Å². The molecule has 1 aromatic rings. The van der Waals surface area contributed by atoms with E-state index in [1.165, 1.54) is 24.0 Å². The second-order valence-electron chi connectivity index (χ2n) is 6.61. The Morgan fingerprint density at radius 2 is 2.08 bits per heavy atom. The fourth-order valence-electron chi connectivity index (χ4n) is 3.39. The number of nitrogens with zero attached hydrogens (tertiary/aromatic N) is 1. The van der Waals surface area contributed by atoms with Crippen LogP contribution in [0.15, 0.2) is 24.3 Å². The van der Waals surface area contributed by atoms with E-state index < -0.39 is 6.03 Å². The van der Waals surface area contributed by atoms with Gasteiger partial charge in [0.15, 0.2) is 0 Å². The summed E-state index contributed by atoms with van der Waals surface area (Å²) in [5.74, 6) is 0.225. The third kappa shape index (κ3) is 5.55. The molecule has 0 radical (unpaired) electrons. The first-order chi connectivity index (χ1) is 11.6. The molecule has 0 spiro atoms. The molecule has 2 rings (SSSR count). The summed E-state index contributed by atoms with van der Waals surface area (Å²) in [7, 11) is 0. The molecular formula is C19H29N3O2. The highest BCUT2D eigenvalue weighted by Crippen LogP contribution is 2.31. The fourth-order valence-corrected chi connectivity index (χ4v) is 3.39. The normalized spacial score (nSPS) is 18.0. The van der Waals surface area contributed by atoms with Crippen LogP contribution in [-0.2, 0) is 4.79 Å². The summed E-state index contributed by atoms with van der Waals surface area (Å²) in [6.45, 7) is 3.47. The number of unbranched alkanes of at least 4 members (excludes halogenated alkanes) is 1. The van der Waals surface area contributed by atoms with Crippen molar-refractivity contribution in [3.05, 3.63) is 35.4 Å². The minimum atomic E-state index is -0.506. The zero-order chi connectivity index (χ0) is 17.4. The third-order valence-electron chi connectivity index (χ3n) is 4.62. The number of hydrogen-bond donors (Lipinski definition) is 2. The predicted octanol–water partition coefficient (Wildman–Crippen LogP) is 3.28. The molecular weight excluding hydrogens is 302 g/mol. The summed E-state index contributed by atoms with van der Waals surface area (Å²) in [5.41, 5.74) is 7.53. The van der Waals surface area contributed by atoms with Gasteiger partial charge < -0.3 is 16.0 Å². The van der Waals surface area contributed by atoms with Gasteiger partial charge in [0.2, 0.25) is 5.91 Å². The number of urea groups is 1. The summed E-state index contributed by atoms with van der Waals surface area (Å²) in [6, 6.07) is 8.20. The topological polar surface area (TPSA) is 75.4 Å². The van der Waals surface area contributed by atoms with E-state index in [9.17, 15) is 9.59 Å². The van der Waals surface area contributed by atoms with Gasteiger partial charge in [-0.25, -0.2) is 4.79 Å². The van der Waals surface area contributed by atoms with E-state index in [4.69, 9.17) is 5.73 Å². The summed E-state index contributed by atoms with van der Waals surface area (Å²) in [5, 5.41) is 2.56. The molecule has 24 heavy (non-hydrogen) atoms. The Labute approximate surface area is 144 Å². The Bertz CT molecular complexity index is 559. The van der Waals surface area contributed by atoms with Crippen LogP contribution in [0.4, 0.5) is 4.79 Å². The van der Waals surface area contributed by atoms with Crippen molar-refractivity contribution in [3.8, 4) is 0 Å². The summed E-state index contributed by atoms with van der Waals surface area (Å²) in [6.07, 6.45) is 6.56. The molecule has 1 aromatic carbocycles. The Hall–Kier alpha value is -2.04. The van der Waals surface area contributed by atoms with Crippen molar-refractivity contribution in [2.45, 2.75) is 57.9 Å². The Kier molecular flexibility index (Phi) is 7.09. The molecule has 132 valence electrons. The van der Waals surface area contributed by atoms with E-state index >= 15 is 0 Å². The van der Waals surface area contributed by atoms with Crippen molar-refractivity contribution in [2.75, 3.05) is 13.1 Å². The maximum Gasteiger partial charge on any atom is 0.312 e. The predicted molar refractivity (Wildman–Crippen MR) is 95.5 cm³/mol. The highest BCUT2D eigenvalue weighted by Gasteiger charge is 2.26. The zero-order valence-electron chi connectivity index (χ0n) is 14.6. The SMILES string of the molecule is Cc1cccc([C@@H]2CCCCCN2C(=O)CCCCNC(N)=O)c1. The second-order valence-corrected chi connectivity index (χ2v) is 6.61. The number of nitrogens with two attached hydrogens (primary N) is 1. The van der Waals surface area contributed by atoms with Gasteiger partial charge in [-0.1, -0.05) is 42.7 Å². The molecule has 1 saturated heterocycles. The van der Waals surface area contributed by atoms with Crippen molar-refractivity contribution >= 4 is 11.9 Å². The Balaban J connectivity index is 1.95. The number of primary amides is 1. The van der Waals surface area contributed by atoms with Gasteiger partial charge in [-0.15, -0.1) is 0 Å². The number of rotatable bonds is 6. The van der Waals surface area contributed by atoms with E-state index in [1.54, 1.807) is 0 Å². The van der Waals surface area contributed by atoms with Crippen LogP contribution < -0.4 is 11.1 Å². The lowest BCUT2D eigenvalue weighted by molar-refractivity contribution is -0.133. The lowest BCUT2D eigenvalue weighted by atomic mass is 9.98. The molecule has 1 fully saturated rings. The van der Waals surface area contributed by atoms with Gasteiger partial charge in [0.05, 0.1) is 6.04 Å². The maximum absolute atomic E-state index is 12.7. The van der Waals surface area contributed by atoms with Crippen molar-refractivity contribution in [1.82, 2.24) is 10.2 Å². The third-order valence-corrected chi connectivity index (χ3v) is 4.62. The zero-order valence-corrected chi connectivity index (χ0v) is 14.6. The van der Waals surface area contributed by atoms with Gasteiger partial charge >= 0.3 is 6.03 Å². The second kappa shape index (κ2) is 9.30. The van der Waals surface area contributed by atoms with E-state index in [0.29, 0.717) is 13.0 Å². The number of nitrogens with one attached hydrogen (secondary N) is 1. The molecule has 0 aromatic heterocycles. The van der Waals surface area contributed by atoms with Crippen LogP contribution in [0, 0.1) is 6.92 Å². The fraction of sp³-hybridized carbons (Fsp3) is 0.579. The van der Waals surface area contributed by atoms with Gasteiger partial charge in [0, 0.05) is 19.5 Å². The van der Waals surface area contributed by atoms with E-state index in [1.807, 2.05) is 0 Å². The van der Waals surface area contributed by atoms with Crippen LogP contribution in [0.2, 0.25) is 0 Å². The van der Waals surface area contributed by atoms with Crippen LogP contribution in [0.5, 0.6) is 0 Å². The van der Waals surface area contributed by atoms with E-state index in [0.717, 1.165) is 32.2 Å². The monoisotopic (exact) mass is 331 g/mol. The Morgan fingerprint density at radius 3 is 2.83 bits per heavy atom. The number of hydrogen-bond acceptors (Lipinski definition) is 2. The molecule has 1 atom stereocenters. The van der Waals surface area contributed by atoms with Gasteiger partial charge in [-0.3, -0.25) is 4.79 Å². The quantitative estimate of drug-likeness (QED) is 0.785. The number of amides is 3. The average Bonchev–Trinajstić information content (AvgIpc) is 2.80. The summed E-state index contributed by atoms with van der Waals surface area (Å²) in [4.78, 5) is 25.4. The molecule has 0 bridgehead atoms. The first-order valence-electron chi connectivity index (χ1n) is 8.97. The minimum Gasteiger partial charge on any atom is -0.352 e. The molecule has 1 aliphatic heterocycles. The molecule has 1 heterocycles. The molecule has 1 aliphatic rings. The van der Waals surface area contributed by atoms with Gasteiger partial charge in [0.1, 0.15) is 0 Å². The highest BCUT2D eigenvalue weighted by molar-refractivity contribution is 5.76. The van der Waals surface area contributed by atoms with Gasteiger partial charge in [-0.2, -0.15) is 0 Å². The largest absolute Gasteiger partial charge is 0.352 e. The number of benzene rings is 1. The lowest BCUT2D eigenvalue weighted by Crippen LogP contribution is -2.35. The van der Waals surface area contributed by atoms with Crippen LogP contribution in [0.25, 0.3) is 0 Å². The number of likely N-dealkylation sites (tertiary alicyclic amines) is 1. The average molecular weight is 331 g/mol. The molecule has 0 saturated carbocycles. The molecule has 5 heteroatoms. The molecule has 5 nitrogen and oxygen atoms in total. The first kappa shape index (κ1) is 18.3. The van der Waals surface area contributed by atoms with E-state index in [2.05, 4.69) is 41.4 Å². The molecule has 3 N–H and O–H groups in total.